The Morgan fingerprint density at radius 1 is 1.33 bits per heavy atom. The number of carbonyl (C=O) groups is 2. The van der Waals surface area contributed by atoms with Crippen molar-refractivity contribution in [1.29, 1.82) is 0 Å². The third-order valence-electron chi connectivity index (χ3n) is 4.87. The first-order valence-corrected chi connectivity index (χ1v) is 9.43. The Balaban J connectivity index is 1.62. The number of hydrogen-bond acceptors (Lipinski definition) is 5. The van der Waals surface area contributed by atoms with E-state index in [0.717, 1.165) is 24.2 Å². The normalized spacial score (nSPS) is 21.3. The van der Waals surface area contributed by atoms with Gasteiger partial charge in [0.15, 0.2) is 0 Å². The number of nitrogens with zero attached hydrogens (tertiary/aromatic N) is 2. The number of amides is 2. The van der Waals surface area contributed by atoms with Gasteiger partial charge < -0.3 is 10.1 Å². The van der Waals surface area contributed by atoms with Crippen LogP contribution in [0.2, 0.25) is 0 Å². The zero-order valence-electron chi connectivity index (χ0n) is 15.7. The molecule has 2 aliphatic heterocycles. The van der Waals surface area contributed by atoms with Crippen LogP contribution < -0.4 is 10.1 Å². The second-order valence-corrected chi connectivity index (χ2v) is 6.69. The van der Waals surface area contributed by atoms with Gasteiger partial charge in [0.05, 0.1) is 26.2 Å². The molecular weight excluding hydrogens is 346 g/mol. The Labute approximate surface area is 159 Å². The fourth-order valence-electron chi connectivity index (χ4n) is 3.38. The Hall–Kier alpha value is -2.38. The van der Waals surface area contributed by atoms with E-state index in [9.17, 15) is 9.59 Å². The summed E-state index contributed by atoms with van der Waals surface area (Å²) in [6.07, 6.45) is 6.03. The fourth-order valence-corrected chi connectivity index (χ4v) is 3.38. The van der Waals surface area contributed by atoms with Crippen LogP contribution in [-0.4, -0.2) is 67.7 Å². The summed E-state index contributed by atoms with van der Waals surface area (Å²) < 4.78 is 5.35. The van der Waals surface area contributed by atoms with Gasteiger partial charge in [-0.1, -0.05) is 30.4 Å². The molecule has 7 heteroatoms. The lowest BCUT2D eigenvalue weighted by Gasteiger charge is -2.35. The number of methoxy groups -OCH3 is 1. The Morgan fingerprint density at radius 3 is 2.96 bits per heavy atom. The third-order valence-corrected chi connectivity index (χ3v) is 4.87. The van der Waals surface area contributed by atoms with Crippen molar-refractivity contribution in [3.05, 3.63) is 35.9 Å². The average Bonchev–Trinajstić information content (AvgIpc) is 2.71. The second kappa shape index (κ2) is 9.53. The van der Waals surface area contributed by atoms with Gasteiger partial charge in [-0.15, -0.1) is 0 Å². The summed E-state index contributed by atoms with van der Waals surface area (Å²) in [5, 5.41) is 4.27. The summed E-state index contributed by atoms with van der Waals surface area (Å²) in [6.45, 7) is 3.05. The number of ether oxygens (including phenoxy) is 1. The first-order valence-electron chi connectivity index (χ1n) is 9.43. The van der Waals surface area contributed by atoms with Crippen LogP contribution in [0.25, 0.3) is 6.08 Å². The van der Waals surface area contributed by atoms with Crippen LogP contribution in [0.3, 0.4) is 0 Å². The molecule has 0 spiro atoms. The molecule has 1 unspecified atom stereocenters. The molecule has 146 valence electrons. The van der Waals surface area contributed by atoms with Gasteiger partial charge >= 0.3 is 0 Å². The van der Waals surface area contributed by atoms with Gasteiger partial charge in [-0.3, -0.25) is 19.3 Å². The molecular formula is C20H27N3O4. The fraction of sp³-hybridized carbons (Fsp3) is 0.500. The zero-order valence-corrected chi connectivity index (χ0v) is 15.7. The summed E-state index contributed by atoms with van der Waals surface area (Å²) >= 11 is 0. The molecule has 2 saturated heterocycles. The summed E-state index contributed by atoms with van der Waals surface area (Å²) in [7, 11) is 1.64. The van der Waals surface area contributed by atoms with Gasteiger partial charge in [-0.25, -0.2) is 5.06 Å². The van der Waals surface area contributed by atoms with Crippen molar-refractivity contribution in [3.8, 4) is 5.75 Å². The molecule has 7 nitrogen and oxygen atoms in total. The average molecular weight is 373 g/mol. The molecule has 2 amide bonds. The van der Waals surface area contributed by atoms with Crippen molar-refractivity contribution >= 4 is 17.9 Å². The van der Waals surface area contributed by atoms with Crippen LogP contribution in [0.4, 0.5) is 0 Å². The smallest absolute Gasteiger partial charge is 0.248 e. The van der Waals surface area contributed by atoms with E-state index in [-0.39, 0.29) is 18.2 Å². The van der Waals surface area contributed by atoms with E-state index in [1.54, 1.807) is 7.11 Å². The minimum Gasteiger partial charge on any atom is -0.496 e. The predicted octanol–water partition coefficient (Wildman–Crippen LogP) is 1.45. The number of nitrogens with one attached hydrogen (secondary N) is 1. The lowest BCUT2D eigenvalue weighted by Crippen LogP contribution is -2.56. The van der Waals surface area contributed by atoms with Gasteiger partial charge in [0.2, 0.25) is 11.8 Å². The largest absolute Gasteiger partial charge is 0.496 e. The van der Waals surface area contributed by atoms with Crippen LogP contribution >= 0.6 is 0 Å². The van der Waals surface area contributed by atoms with Crippen LogP contribution in [0.5, 0.6) is 5.75 Å². The first kappa shape index (κ1) is 19.4. The van der Waals surface area contributed by atoms with E-state index in [4.69, 9.17) is 9.57 Å². The molecule has 0 radical (unpaired) electrons. The molecule has 0 saturated carbocycles. The minimum atomic E-state index is -0.473. The maximum absolute atomic E-state index is 12.5. The quantitative estimate of drug-likeness (QED) is 0.817. The summed E-state index contributed by atoms with van der Waals surface area (Å²) in [5.41, 5.74) is 0.982. The minimum absolute atomic E-state index is 0.0997. The van der Waals surface area contributed by atoms with E-state index in [1.807, 2.05) is 41.3 Å². The summed E-state index contributed by atoms with van der Waals surface area (Å²) in [6, 6.07) is 7.30. The number of hydrogen-bond donors (Lipinski definition) is 1. The molecule has 2 aliphatic rings. The standard InChI is InChI=1S/C20H27N3O4/c1-26-18-9-3-2-7-16(18)8-6-11-22-13-10-21-20(25)17(22)15-19(24)23-12-4-5-14-27-23/h2-3,6-9,17H,4-5,10-15H2,1H3,(H,21,25)/b8-6+. The summed E-state index contributed by atoms with van der Waals surface area (Å²) in [4.78, 5) is 32.3. The number of para-hydroxylation sites is 1. The molecule has 0 aromatic heterocycles. The van der Waals surface area contributed by atoms with Gasteiger partial charge in [0, 0.05) is 31.7 Å². The highest BCUT2D eigenvalue weighted by molar-refractivity contribution is 5.88. The highest BCUT2D eigenvalue weighted by Crippen LogP contribution is 2.19. The Kier molecular flexibility index (Phi) is 6.84. The van der Waals surface area contributed by atoms with Gasteiger partial charge in [-0.2, -0.15) is 0 Å². The highest BCUT2D eigenvalue weighted by Gasteiger charge is 2.33. The monoisotopic (exact) mass is 373 g/mol. The predicted molar refractivity (Wildman–Crippen MR) is 102 cm³/mol. The molecule has 27 heavy (non-hydrogen) atoms. The van der Waals surface area contributed by atoms with Gasteiger partial charge in [0.1, 0.15) is 5.75 Å². The highest BCUT2D eigenvalue weighted by atomic mass is 16.7. The lowest BCUT2D eigenvalue weighted by atomic mass is 10.1. The SMILES string of the molecule is COc1ccccc1/C=C/CN1CCNC(=O)C1CC(=O)N1CCCCO1. The van der Waals surface area contributed by atoms with Gasteiger partial charge in [-0.05, 0) is 18.9 Å². The summed E-state index contributed by atoms with van der Waals surface area (Å²) in [5.74, 6) is 0.576. The van der Waals surface area contributed by atoms with Crippen molar-refractivity contribution in [2.75, 3.05) is 39.9 Å². The first-order chi connectivity index (χ1) is 13.2. The van der Waals surface area contributed by atoms with Crippen LogP contribution in [0.15, 0.2) is 30.3 Å². The van der Waals surface area contributed by atoms with Gasteiger partial charge in [0.25, 0.3) is 0 Å². The van der Waals surface area contributed by atoms with Crippen LogP contribution in [0.1, 0.15) is 24.8 Å². The molecule has 1 aromatic rings. The molecule has 0 aliphatic carbocycles. The Morgan fingerprint density at radius 2 is 2.19 bits per heavy atom. The third kappa shape index (κ3) is 5.08. The van der Waals surface area contributed by atoms with E-state index in [0.29, 0.717) is 32.8 Å². The zero-order chi connectivity index (χ0) is 19.1. The second-order valence-electron chi connectivity index (χ2n) is 6.69. The van der Waals surface area contributed by atoms with Crippen LogP contribution in [-0.2, 0) is 14.4 Å². The van der Waals surface area contributed by atoms with E-state index in [2.05, 4.69) is 5.32 Å². The number of hydroxylamine groups is 2. The van der Waals surface area contributed by atoms with Crippen molar-refractivity contribution in [3.63, 3.8) is 0 Å². The van der Waals surface area contributed by atoms with E-state index in [1.165, 1.54) is 5.06 Å². The maximum atomic E-state index is 12.5. The van der Waals surface area contributed by atoms with Crippen molar-refractivity contribution in [1.82, 2.24) is 15.3 Å². The number of piperazine rings is 1. The number of carbonyl (C=O) groups excluding carboxylic acids is 2. The van der Waals surface area contributed by atoms with Crippen molar-refractivity contribution < 1.29 is 19.2 Å². The lowest BCUT2D eigenvalue weighted by molar-refractivity contribution is -0.198. The molecule has 1 N–H and O–H groups in total. The molecule has 1 aromatic carbocycles. The molecule has 2 heterocycles. The Bertz CT molecular complexity index is 686. The van der Waals surface area contributed by atoms with Crippen molar-refractivity contribution in [2.45, 2.75) is 25.3 Å². The van der Waals surface area contributed by atoms with Crippen LogP contribution in [0, 0.1) is 0 Å². The van der Waals surface area contributed by atoms with E-state index < -0.39 is 6.04 Å². The van der Waals surface area contributed by atoms with E-state index >= 15 is 0 Å². The molecule has 3 rings (SSSR count). The molecule has 1 atom stereocenters. The molecule has 0 bridgehead atoms. The maximum Gasteiger partial charge on any atom is 0.248 e. The number of benzene rings is 1. The van der Waals surface area contributed by atoms with Crippen molar-refractivity contribution in [2.24, 2.45) is 0 Å². The topological polar surface area (TPSA) is 71.1 Å². The molecule has 2 fully saturated rings. The number of rotatable bonds is 6.